The molecule has 11 heavy (non-hydrogen) atoms. The molecule has 2 nitrogen and oxygen atoms in total. The van der Waals surface area contributed by atoms with E-state index in [1.807, 2.05) is 30.3 Å². The molecule has 0 saturated heterocycles. The SMILES string of the molecule is Clc1ccccc1.OCCO. The third kappa shape index (κ3) is 7.33. The molecule has 0 saturated carbocycles. The van der Waals surface area contributed by atoms with E-state index < -0.39 is 0 Å². The first kappa shape index (κ1) is 10.4. The number of aliphatic hydroxyl groups is 2. The normalized spacial score (nSPS) is 8.27. The lowest BCUT2D eigenvalue weighted by Gasteiger charge is -1.80. The first-order chi connectivity index (χ1) is 5.31. The molecular weight excluding hydrogens is 164 g/mol. The third-order valence-corrected chi connectivity index (χ3v) is 1.09. The van der Waals surface area contributed by atoms with Gasteiger partial charge in [-0.25, -0.2) is 0 Å². The molecule has 0 radical (unpaired) electrons. The Morgan fingerprint density at radius 1 is 1.00 bits per heavy atom. The van der Waals surface area contributed by atoms with Crippen LogP contribution in [0.5, 0.6) is 0 Å². The van der Waals surface area contributed by atoms with Crippen LogP contribution >= 0.6 is 11.6 Å². The molecule has 0 aliphatic rings. The van der Waals surface area contributed by atoms with Crippen LogP contribution in [-0.4, -0.2) is 23.4 Å². The van der Waals surface area contributed by atoms with Gasteiger partial charge < -0.3 is 10.2 Å². The molecule has 0 bridgehead atoms. The van der Waals surface area contributed by atoms with Gasteiger partial charge in [-0.15, -0.1) is 0 Å². The van der Waals surface area contributed by atoms with Crippen molar-refractivity contribution in [2.75, 3.05) is 13.2 Å². The Morgan fingerprint density at radius 3 is 1.64 bits per heavy atom. The molecule has 0 aliphatic heterocycles. The maximum atomic E-state index is 7.62. The molecular formula is C8H11ClO2. The van der Waals surface area contributed by atoms with Crippen LogP contribution in [0.15, 0.2) is 30.3 Å². The summed E-state index contributed by atoms with van der Waals surface area (Å²) in [7, 11) is 0. The fourth-order valence-electron chi connectivity index (χ4n) is 0.415. The van der Waals surface area contributed by atoms with E-state index in [9.17, 15) is 0 Å². The fraction of sp³-hybridized carbons (Fsp3) is 0.250. The Morgan fingerprint density at radius 2 is 1.45 bits per heavy atom. The maximum absolute atomic E-state index is 7.62. The van der Waals surface area contributed by atoms with Gasteiger partial charge in [-0.3, -0.25) is 0 Å². The van der Waals surface area contributed by atoms with Crippen molar-refractivity contribution in [3.63, 3.8) is 0 Å². The number of benzene rings is 1. The molecule has 0 spiro atoms. The minimum absolute atomic E-state index is 0.125. The molecule has 0 unspecified atom stereocenters. The Labute approximate surface area is 71.1 Å². The number of halogens is 1. The second-order valence-corrected chi connectivity index (χ2v) is 2.18. The zero-order valence-electron chi connectivity index (χ0n) is 6.07. The van der Waals surface area contributed by atoms with E-state index in [4.69, 9.17) is 21.8 Å². The summed E-state index contributed by atoms with van der Waals surface area (Å²) in [6.45, 7) is -0.250. The summed E-state index contributed by atoms with van der Waals surface area (Å²) in [4.78, 5) is 0. The highest BCUT2D eigenvalue weighted by Gasteiger charge is 1.74. The minimum Gasteiger partial charge on any atom is -0.394 e. The quantitative estimate of drug-likeness (QED) is 0.674. The van der Waals surface area contributed by atoms with Crippen molar-refractivity contribution in [2.24, 2.45) is 0 Å². The third-order valence-electron chi connectivity index (χ3n) is 0.833. The summed E-state index contributed by atoms with van der Waals surface area (Å²) in [5, 5.41) is 16.0. The zero-order chi connectivity index (χ0) is 8.53. The zero-order valence-corrected chi connectivity index (χ0v) is 6.83. The summed E-state index contributed by atoms with van der Waals surface area (Å²) in [5.41, 5.74) is 0. The van der Waals surface area contributed by atoms with Crippen LogP contribution in [0.3, 0.4) is 0 Å². The Kier molecular flexibility index (Phi) is 7.15. The molecule has 0 aromatic heterocycles. The molecule has 0 heterocycles. The van der Waals surface area contributed by atoms with E-state index in [0.717, 1.165) is 5.02 Å². The monoisotopic (exact) mass is 174 g/mol. The van der Waals surface area contributed by atoms with Crippen molar-refractivity contribution in [3.8, 4) is 0 Å². The number of hydrogen-bond donors (Lipinski definition) is 2. The summed E-state index contributed by atoms with van der Waals surface area (Å²) in [6, 6.07) is 9.44. The number of rotatable bonds is 1. The van der Waals surface area contributed by atoms with Crippen molar-refractivity contribution in [3.05, 3.63) is 35.4 Å². The van der Waals surface area contributed by atoms with Gasteiger partial charge in [-0.1, -0.05) is 29.8 Å². The molecule has 1 aromatic rings. The topological polar surface area (TPSA) is 40.5 Å². The van der Waals surface area contributed by atoms with E-state index in [2.05, 4.69) is 0 Å². The van der Waals surface area contributed by atoms with Gasteiger partial charge in [0.05, 0.1) is 13.2 Å². The standard InChI is InChI=1S/C6H5Cl.C2H6O2/c7-6-4-2-1-3-5-6;3-1-2-4/h1-5H;3-4H,1-2H2. The summed E-state index contributed by atoms with van der Waals surface area (Å²) >= 11 is 5.54. The van der Waals surface area contributed by atoms with Crippen LogP contribution in [0.25, 0.3) is 0 Å². The second-order valence-electron chi connectivity index (χ2n) is 1.74. The van der Waals surface area contributed by atoms with E-state index in [0.29, 0.717) is 0 Å². The Bertz CT molecular complexity index is 163. The average molecular weight is 175 g/mol. The molecule has 2 N–H and O–H groups in total. The molecule has 62 valence electrons. The Hall–Kier alpha value is -0.570. The van der Waals surface area contributed by atoms with E-state index in [1.165, 1.54) is 0 Å². The molecule has 1 rings (SSSR count). The lowest BCUT2D eigenvalue weighted by atomic mass is 10.4. The molecule has 1 aromatic carbocycles. The summed E-state index contributed by atoms with van der Waals surface area (Å²) in [5.74, 6) is 0. The van der Waals surface area contributed by atoms with Crippen LogP contribution in [0.2, 0.25) is 5.02 Å². The van der Waals surface area contributed by atoms with Crippen LogP contribution < -0.4 is 0 Å². The van der Waals surface area contributed by atoms with Crippen molar-refractivity contribution >= 4 is 11.6 Å². The largest absolute Gasteiger partial charge is 0.394 e. The smallest absolute Gasteiger partial charge is 0.0662 e. The van der Waals surface area contributed by atoms with Crippen molar-refractivity contribution in [1.82, 2.24) is 0 Å². The Balaban J connectivity index is 0.000000218. The summed E-state index contributed by atoms with van der Waals surface area (Å²) in [6.07, 6.45) is 0. The van der Waals surface area contributed by atoms with Gasteiger partial charge in [0.2, 0.25) is 0 Å². The molecule has 0 amide bonds. The lowest BCUT2D eigenvalue weighted by molar-refractivity contribution is 0.186. The second kappa shape index (κ2) is 7.54. The van der Waals surface area contributed by atoms with Crippen LogP contribution in [0.1, 0.15) is 0 Å². The van der Waals surface area contributed by atoms with Crippen LogP contribution in [0.4, 0.5) is 0 Å². The number of aliphatic hydroxyl groups excluding tert-OH is 2. The summed E-state index contributed by atoms with van der Waals surface area (Å²) < 4.78 is 0. The number of hydrogen-bond acceptors (Lipinski definition) is 2. The molecule has 0 aliphatic carbocycles. The van der Waals surface area contributed by atoms with Gasteiger partial charge >= 0.3 is 0 Å². The van der Waals surface area contributed by atoms with Gasteiger partial charge in [-0.05, 0) is 12.1 Å². The predicted octanol–water partition coefficient (Wildman–Crippen LogP) is 1.31. The minimum atomic E-state index is -0.125. The highest BCUT2D eigenvalue weighted by Crippen LogP contribution is 2.03. The van der Waals surface area contributed by atoms with E-state index >= 15 is 0 Å². The molecule has 0 atom stereocenters. The van der Waals surface area contributed by atoms with Crippen LogP contribution in [0, 0.1) is 0 Å². The van der Waals surface area contributed by atoms with Gasteiger partial charge in [0.25, 0.3) is 0 Å². The molecule has 0 fully saturated rings. The highest BCUT2D eigenvalue weighted by atomic mass is 35.5. The molecule has 3 heteroatoms. The first-order valence-electron chi connectivity index (χ1n) is 3.23. The lowest BCUT2D eigenvalue weighted by Crippen LogP contribution is -1.85. The van der Waals surface area contributed by atoms with Gasteiger partial charge in [0.15, 0.2) is 0 Å². The van der Waals surface area contributed by atoms with Crippen molar-refractivity contribution in [1.29, 1.82) is 0 Å². The van der Waals surface area contributed by atoms with E-state index in [-0.39, 0.29) is 13.2 Å². The predicted molar refractivity (Wildman–Crippen MR) is 45.6 cm³/mol. The van der Waals surface area contributed by atoms with Crippen LogP contribution in [-0.2, 0) is 0 Å². The van der Waals surface area contributed by atoms with Crippen molar-refractivity contribution < 1.29 is 10.2 Å². The fourth-order valence-corrected chi connectivity index (χ4v) is 0.560. The van der Waals surface area contributed by atoms with Gasteiger partial charge in [0.1, 0.15) is 0 Å². The van der Waals surface area contributed by atoms with Gasteiger partial charge in [-0.2, -0.15) is 0 Å². The highest BCUT2D eigenvalue weighted by molar-refractivity contribution is 6.30. The average Bonchev–Trinajstić information content (AvgIpc) is 2.07. The first-order valence-corrected chi connectivity index (χ1v) is 3.61. The van der Waals surface area contributed by atoms with Gasteiger partial charge in [0, 0.05) is 5.02 Å². The van der Waals surface area contributed by atoms with Crippen molar-refractivity contribution in [2.45, 2.75) is 0 Å². The van der Waals surface area contributed by atoms with E-state index in [1.54, 1.807) is 0 Å². The maximum Gasteiger partial charge on any atom is 0.0662 e.